The van der Waals surface area contributed by atoms with E-state index in [9.17, 15) is 18.0 Å². The molecule has 1 atom stereocenters. The van der Waals surface area contributed by atoms with Gasteiger partial charge in [0.25, 0.3) is 11.5 Å². The number of amides is 1. The van der Waals surface area contributed by atoms with Crippen molar-refractivity contribution in [3.05, 3.63) is 64.4 Å². The maximum atomic E-state index is 12.9. The second-order valence-electron chi connectivity index (χ2n) is 7.77. The SMILES string of the molecule is CCn1c(NNC(=O)[C@H](NS(=O)(=O)c2ccc(C)cc2)C(C)C)nc2ccccc2c1=O. The van der Waals surface area contributed by atoms with E-state index in [1.807, 2.05) is 6.92 Å². The molecular formula is C22H27N5O4S. The second-order valence-corrected chi connectivity index (χ2v) is 9.49. The van der Waals surface area contributed by atoms with Gasteiger partial charge < -0.3 is 0 Å². The zero-order chi connectivity index (χ0) is 23.5. The number of carbonyl (C=O) groups excluding carboxylic acids is 1. The van der Waals surface area contributed by atoms with E-state index in [2.05, 4.69) is 20.6 Å². The second kappa shape index (κ2) is 9.49. The molecule has 3 aromatic rings. The van der Waals surface area contributed by atoms with Gasteiger partial charge in [0.2, 0.25) is 16.0 Å². The minimum Gasteiger partial charge on any atom is -0.277 e. The smallest absolute Gasteiger partial charge is 0.262 e. The standard InChI is InChI=1S/C22H27N5O4S/c1-5-27-21(29)17-8-6-7-9-18(17)23-22(27)25-24-20(28)19(14(2)3)26-32(30,31)16-12-10-15(4)11-13-16/h6-14,19,26H,5H2,1-4H3,(H,23,25)(H,24,28)/t19-/m1/s1. The molecule has 0 radical (unpaired) electrons. The van der Waals surface area contributed by atoms with Crippen LogP contribution in [0.2, 0.25) is 0 Å². The largest absolute Gasteiger partial charge is 0.277 e. The van der Waals surface area contributed by atoms with Crippen LogP contribution in [-0.2, 0) is 21.4 Å². The highest BCUT2D eigenvalue weighted by molar-refractivity contribution is 7.89. The molecule has 3 rings (SSSR count). The number of benzene rings is 2. The molecule has 170 valence electrons. The molecule has 0 unspecified atom stereocenters. The first-order valence-electron chi connectivity index (χ1n) is 10.3. The van der Waals surface area contributed by atoms with Crippen molar-refractivity contribution in [2.45, 2.75) is 45.2 Å². The molecule has 0 aliphatic rings. The fourth-order valence-electron chi connectivity index (χ4n) is 3.20. The topological polar surface area (TPSA) is 122 Å². The van der Waals surface area contributed by atoms with Gasteiger partial charge in [-0.2, -0.15) is 4.72 Å². The van der Waals surface area contributed by atoms with E-state index in [1.54, 1.807) is 57.2 Å². The number of hydrogen-bond acceptors (Lipinski definition) is 6. The molecule has 0 aliphatic carbocycles. The number of nitrogens with one attached hydrogen (secondary N) is 3. The van der Waals surface area contributed by atoms with Crippen LogP contribution in [0.15, 0.2) is 58.2 Å². The first-order valence-corrected chi connectivity index (χ1v) is 11.8. The molecule has 0 spiro atoms. The van der Waals surface area contributed by atoms with Gasteiger partial charge in [0.1, 0.15) is 6.04 Å². The average molecular weight is 458 g/mol. The Labute approximate surface area is 186 Å². The molecule has 0 aliphatic heterocycles. The van der Waals surface area contributed by atoms with E-state index in [0.717, 1.165) is 5.56 Å². The fourth-order valence-corrected chi connectivity index (χ4v) is 4.54. The van der Waals surface area contributed by atoms with Crippen molar-refractivity contribution < 1.29 is 13.2 Å². The van der Waals surface area contributed by atoms with Crippen molar-refractivity contribution in [1.29, 1.82) is 0 Å². The van der Waals surface area contributed by atoms with Gasteiger partial charge in [-0.25, -0.2) is 13.4 Å². The summed E-state index contributed by atoms with van der Waals surface area (Å²) >= 11 is 0. The van der Waals surface area contributed by atoms with Gasteiger partial charge in [-0.3, -0.25) is 25.0 Å². The third-order valence-electron chi connectivity index (χ3n) is 5.04. The van der Waals surface area contributed by atoms with Crippen molar-refractivity contribution in [2.75, 3.05) is 5.43 Å². The van der Waals surface area contributed by atoms with Crippen LogP contribution in [0.4, 0.5) is 5.95 Å². The molecule has 9 nitrogen and oxygen atoms in total. The van der Waals surface area contributed by atoms with Crippen LogP contribution in [0, 0.1) is 12.8 Å². The van der Waals surface area contributed by atoms with Crippen LogP contribution >= 0.6 is 0 Å². The van der Waals surface area contributed by atoms with Crippen LogP contribution in [0.25, 0.3) is 10.9 Å². The van der Waals surface area contributed by atoms with Gasteiger partial charge in [-0.15, -0.1) is 0 Å². The fraction of sp³-hybridized carbons (Fsp3) is 0.318. The summed E-state index contributed by atoms with van der Waals surface area (Å²) in [7, 11) is -3.91. The lowest BCUT2D eigenvalue weighted by Crippen LogP contribution is -2.51. The first kappa shape index (κ1) is 23.4. The zero-order valence-electron chi connectivity index (χ0n) is 18.4. The number of carbonyl (C=O) groups is 1. The molecule has 1 aromatic heterocycles. The average Bonchev–Trinajstić information content (AvgIpc) is 2.76. The van der Waals surface area contributed by atoms with E-state index in [4.69, 9.17) is 0 Å². The molecule has 32 heavy (non-hydrogen) atoms. The van der Waals surface area contributed by atoms with Crippen molar-refractivity contribution >= 4 is 32.8 Å². The Morgan fingerprint density at radius 1 is 1.09 bits per heavy atom. The van der Waals surface area contributed by atoms with Gasteiger partial charge in [-0.05, 0) is 44.0 Å². The summed E-state index contributed by atoms with van der Waals surface area (Å²) in [5.74, 6) is -0.774. The van der Waals surface area contributed by atoms with Gasteiger partial charge in [0.15, 0.2) is 0 Å². The molecule has 0 saturated heterocycles. The van der Waals surface area contributed by atoms with E-state index >= 15 is 0 Å². The quantitative estimate of drug-likeness (QED) is 0.446. The van der Waals surface area contributed by atoms with Crippen molar-refractivity contribution in [2.24, 2.45) is 5.92 Å². The van der Waals surface area contributed by atoms with Gasteiger partial charge >= 0.3 is 0 Å². The van der Waals surface area contributed by atoms with E-state index in [0.29, 0.717) is 17.4 Å². The van der Waals surface area contributed by atoms with Crippen LogP contribution in [0.1, 0.15) is 26.3 Å². The minimum atomic E-state index is -3.91. The number of nitrogens with zero attached hydrogens (tertiary/aromatic N) is 2. The number of para-hydroxylation sites is 1. The highest BCUT2D eigenvalue weighted by Crippen LogP contribution is 2.14. The number of rotatable bonds is 8. The van der Waals surface area contributed by atoms with Gasteiger partial charge in [0.05, 0.1) is 15.8 Å². The Balaban J connectivity index is 1.81. The third kappa shape index (κ3) is 4.97. The normalized spacial score (nSPS) is 12.7. The summed E-state index contributed by atoms with van der Waals surface area (Å²) in [4.78, 5) is 30.1. The molecule has 0 fully saturated rings. The maximum absolute atomic E-state index is 12.9. The molecule has 3 N–H and O–H groups in total. The van der Waals surface area contributed by atoms with Crippen molar-refractivity contribution in [1.82, 2.24) is 19.7 Å². The summed E-state index contributed by atoms with van der Waals surface area (Å²) in [5, 5.41) is 0.470. The zero-order valence-corrected chi connectivity index (χ0v) is 19.2. The van der Waals surface area contributed by atoms with E-state index < -0.39 is 22.0 Å². The Hall–Kier alpha value is -3.24. The summed E-state index contributed by atoms with van der Waals surface area (Å²) in [5.41, 5.74) is 6.35. The Morgan fingerprint density at radius 3 is 2.38 bits per heavy atom. The van der Waals surface area contributed by atoms with Crippen molar-refractivity contribution in [3.63, 3.8) is 0 Å². The Kier molecular flexibility index (Phi) is 6.95. The maximum Gasteiger partial charge on any atom is 0.262 e. The molecule has 1 amide bonds. The summed E-state index contributed by atoms with van der Waals surface area (Å²) < 4.78 is 29.4. The van der Waals surface area contributed by atoms with Gasteiger partial charge in [0, 0.05) is 6.54 Å². The molecular weight excluding hydrogens is 430 g/mol. The summed E-state index contributed by atoms with van der Waals surface area (Å²) in [6.07, 6.45) is 0. The number of aromatic nitrogens is 2. The van der Waals surface area contributed by atoms with Gasteiger partial charge in [-0.1, -0.05) is 43.7 Å². The highest BCUT2D eigenvalue weighted by Gasteiger charge is 2.28. The lowest BCUT2D eigenvalue weighted by atomic mass is 10.1. The van der Waals surface area contributed by atoms with Crippen LogP contribution in [-0.4, -0.2) is 29.9 Å². The van der Waals surface area contributed by atoms with Crippen molar-refractivity contribution in [3.8, 4) is 0 Å². The molecule has 1 heterocycles. The van der Waals surface area contributed by atoms with Crippen LogP contribution in [0.5, 0.6) is 0 Å². The number of fused-ring (bicyclic) bond motifs is 1. The van der Waals surface area contributed by atoms with E-state index in [-0.39, 0.29) is 22.3 Å². The number of hydrogen-bond donors (Lipinski definition) is 3. The molecule has 2 aromatic carbocycles. The summed E-state index contributed by atoms with van der Waals surface area (Å²) in [6, 6.07) is 12.2. The predicted octanol–water partition coefficient (Wildman–Crippen LogP) is 2.17. The number of anilines is 1. The Bertz CT molecular complexity index is 1280. The predicted molar refractivity (Wildman–Crippen MR) is 124 cm³/mol. The number of aryl methyl sites for hydroxylation is 1. The number of hydrazine groups is 1. The third-order valence-corrected chi connectivity index (χ3v) is 6.49. The lowest BCUT2D eigenvalue weighted by Gasteiger charge is -2.22. The van der Waals surface area contributed by atoms with Crippen LogP contribution < -0.4 is 21.1 Å². The summed E-state index contributed by atoms with van der Waals surface area (Å²) in [6.45, 7) is 7.45. The van der Waals surface area contributed by atoms with Crippen LogP contribution in [0.3, 0.4) is 0 Å². The minimum absolute atomic E-state index is 0.0746. The number of sulfonamides is 1. The monoisotopic (exact) mass is 457 g/mol. The lowest BCUT2D eigenvalue weighted by molar-refractivity contribution is -0.123. The molecule has 10 heteroatoms. The first-order chi connectivity index (χ1) is 15.1. The Morgan fingerprint density at radius 2 is 1.75 bits per heavy atom. The molecule has 0 bridgehead atoms. The molecule has 0 saturated carbocycles. The highest BCUT2D eigenvalue weighted by atomic mass is 32.2. The van der Waals surface area contributed by atoms with E-state index in [1.165, 1.54) is 16.7 Å².